The lowest BCUT2D eigenvalue weighted by atomic mass is 10.1. The van der Waals surface area contributed by atoms with Crippen molar-refractivity contribution in [3.63, 3.8) is 0 Å². The Kier molecular flexibility index (Phi) is 4.91. The van der Waals surface area contributed by atoms with Gasteiger partial charge < -0.3 is 20.0 Å². The number of ketones is 1. The lowest BCUT2D eigenvalue weighted by Crippen LogP contribution is -2.46. The monoisotopic (exact) mass is 432 g/mol. The largest absolute Gasteiger partial charge is 0.422 e. The zero-order valence-corrected chi connectivity index (χ0v) is 17.5. The molecule has 0 saturated carbocycles. The van der Waals surface area contributed by atoms with E-state index in [9.17, 15) is 9.59 Å². The van der Waals surface area contributed by atoms with Gasteiger partial charge in [0, 0.05) is 37.3 Å². The summed E-state index contributed by atoms with van der Waals surface area (Å²) < 4.78 is 5.30. The Morgan fingerprint density at radius 3 is 2.42 bits per heavy atom. The van der Waals surface area contributed by atoms with E-state index in [0.717, 1.165) is 26.2 Å². The van der Waals surface area contributed by atoms with Crippen molar-refractivity contribution < 1.29 is 9.21 Å². The molecule has 0 spiro atoms. The molecular formula is C23H20N4O3S. The van der Waals surface area contributed by atoms with Crippen LogP contribution in [-0.2, 0) is 0 Å². The number of rotatable bonds is 4. The number of para-hydroxylation sites is 2. The molecule has 4 aromatic rings. The minimum atomic E-state index is -0.672. The molecule has 1 fully saturated rings. The predicted octanol–water partition coefficient (Wildman–Crippen LogP) is 3.39. The van der Waals surface area contributed by atoms with Gasteiger partial charge in [0.2, 0.25) is 5.78 Å². The van der Waals surface area contributed by atoms with E-state index in [-0.39, 0.29) is 16.3 Å². The summed E-state index contributed by atoms with van der Waals surface area (Å²) >= 11 is 1.22. The molecule has 0 atom stereocenters. The van der Waals surface area contributed by atoms with E-state index in [2.05, 4.69) is 26.9 Å². The van der Waals surface area contributed by atoms with Crippen molar-refractivity contribution in [1.82, 2.24) is 4.98 Å². The average molecular weight is 433 g/mol. The number of nitrogens with zero attached hydrogens (tertiary/aromatic N) is 3. The van der Waals surface area contributed by atoms with Crippen LogP contribution in [0.15, 0.2) is 69.9 Å². The SMILES string of the molecule is Nc1nc(N2CCN(c3ccccc3)CC2)sc1C(=O)c1cc2ccccc2oc1=O. The van der Waals surface area contributed by atoms with E-state index in [4.69, 9.17) is 10.2 Å². The topological polar surface area (TPSA) is 92.7 Å². The number of anilines is 3. The summed E-state index contributed by atoms with van der Waals surface area (Å²) in [6.45, 7) is 3.24. The first-order valence-corrected chi connectivity index (χ1v) is 10.8. The number of thiazole rings is 1. The van der Waals surface area contributed by atoms with Crippen molar-refractivity contribution in [1.29, 1.82) is 0 Å². The van der Waals surface area contributed by atoms with Crippen molar-refractivity contribution in [2.45, 2.75) is 0 Å². The summed E-state index contributed by atoms with van der Waals surface area (Å²) in [5.74, 6) is -0.313. The van der Waals surface area contributed by atoms with Crippen molar-refractivity contribution in [2.75, 3.05) is 41.7 Å². The van der Waals surface area contributed by atoms with Crippen LogP contribution < -0.4 is 21.2 Å². The van der Waals surface area contributed by atoms with Crippen molar-refractivity contribution in [3.8, 4) is 0 Å². The maximum Gasteiger partial charge on any atom is 0.347 e. The van der Waals surface area contributed by atoms with Crippen molar-refractivity contribution in [3.05, 3.63) is 81.5 Å². The molecule has 3 heterocycles. The molecule has 2 aromatic carbocycles. The Hall–Kier alpha value is -3.65. The van der Waals surface area contributed by atoms with E-state index >= 15 is 0 Å². The molecule has 8 heteroatoms. The van der Waals surface area contributed by atoms with Crippen LogP contribution in [-0.4, -0.2) is 36.9 Å². The summed E-state index contributed by atoms with van der Waals surface area (Å²) in [6, 6.07) is 18.9. The molecule has 1 saturated heterocycles. The van der Waals surface area contributed by atoms with E-state index in [1.54, 1.807) is 24.3 Å². The second-order valence-corrected chi connectivity index (χ2v) is 8.31. The minimum absolute atomic E-state index is 0.0329. The molecule has 31 heavy (non-hydrogen) atoms. The number of nitrogen functional groups attached to an aromatic ring is 1. The van der Waals surface area contributed by atoms with Gasteiger partial charge in [-0.05, 0) is 24.3 Å². The number of benzene rings is 2. The fraction of sp³-hybridized carbons (Fsp3) is 0.174. The normalized spacial score (nSPS) is 14.2. The van der Waals surface area contributed by atoms with Crippen molar-refractivity contribution in [2.24, 2.45) is 0 Å². The van der Waals surface area contributed by atoms with Gasteiger partial charge in [0.1, 0.15) is 21.8 Å². The van der Waals surface area contributed by atoms with E-state index in [1.165, 1.54) is 17.0 Å². The lowest BCUT2D eigenvalue weighted by Gasteiger charge is -2.35. The average Bonchev–Trinajstić information content (AvgIpc) is 3.20. The first kappa shape index (κ1) is 19.3. The molecule has 0 bridgehead atoms. The maximum atomic E-state index is 13.1. The molecule has 1 aliphatic rings. The molecule has 7 nitrogen and oxygen atoms in total. The number of hydrogen-bond acceptors (Lipinski definition) is 8. The highest BCUT2D eigenvalue weighted by atomic mass is 32.1. The molecule has 0 aliphatic carbocycles. The van der Waals surface area contributed by atoms with E-state index in [1.807, 2.05) is 24.3 Å². The first-order valence-electron chi connectivity index (χ1n) is 9.99. The Bertz CT molecular complexity index is 1310. The number of carbonyl (C=O) groups excluding carboxylic acids is 1. The number of piperazine rings is 1. The van der Waals surface area contributed by atoms with Gasteiger partial charge in [0.15, 0.2) is 5.13 Å². The Morgan fingerprint density at radius 1 is 0.968 bits per heavy atom. The second kappa shape index (κ2) is 7.88. The molecule has 0 radical (unpaired) electrons. The summed E-state index contributed by atoms with van der Waals surface area (Å²) in [5, 5.41) is 1.38. The number of hydrogen-bond donors (Lipinski definition) is 1. The summed E-state index contributed by atoms with van der Waals surface area (Å²) in [7, 11) is 0. The predicted molar refractivity (Wildman–Crippen MR) is 123 cm³/mol. The van der Waals surface area contributed by atoms with Crippen LogP contribution in [0.1, 0.15) is 15.2 Å². The smallest absolute Gasteiger partial charge is 0.347 e. The van der Waals surface area contributed by atoms with Crippen LogP contribution in [0.4, 0.5) is 16.6 Å². The first-order chi connectivity index (χ1) is 15.1. The van der Waals surface area contributed by atoms with Gasteiger partial charge in [-0.25, -0.2) is 9.78 Å². The Labute approximate surface area is 182 Å². The summed E-state index contributed by atoms with van der Waals surface area (Å²) in [6.07, 6.45) is 0. The molecule has 0 unspecified atom stereocenters. The fourth-order valence-corrected chi connectivity index (χ4v) is 4.75. The number of nitrogens with two attached hydrogens (primary N) is 1. The molecule has 2 N–H and O–H groups in total. The standard InChI is InChI=1S/C23H20N4O3S/c24-21-20(19(28)17-14-15-6-4-5-9-18(15)30-22(17)29)31-23(25-21)27-12-10-26(11-13-27)16-7-2-1-3-8-16/h1-9,14H,10-13,24H2. The Balaban J connectivity index is 1.37. The molecule has 0 amide bonds. The quantitative estimate of drug-likeness (QED) is 0.390. The third-order valence-corrected chi connectivity index (χ3v) is 6.54. The summed E-state index contributed by atoms with van der Waals surface area (Å²) in [5.41, 5.74) is 7.01. The number of fused-ring (bicyclic) bond motifs is 1. The molecule has 156 valence electrons. The third-order valence-electron chi connectivity index (χ3n) is 5.41. The van der Waals surface area contributed by atoms with Crippen LogP contribution in [0.3, 0.4) is 0 Å². The van der Waals surface area contributed by atoms with Crippen LogP contribution in [0, 0.1) is 0 Å². The highest BCUT2D eigenvalue weighted by Crippen LogP contribution is 2.31. The van der Waals surface area contributed by atoms with E-state index < -0.39 is 11.4 Å². The van der Waals surface area contributed by atoms with Gasteiger partial charge in [-0.2, -0.15) is 0 Å². The molecule has 2 aromatic heterocycles. The van der Waals surface area contributed by atoms with Gasteiger partial charge in [-0.15, -0.1) is 0 Å². The molecule has 5 rings (SSSR count). The highest BCUT2D eigenvalue weighted by molar-refractivity contribution is 7.18. The molecular weight excluding hydrogens is 412 g/mol. The lowest BCUT2D eigenvalue weighted by molar-refractivity contribution is 0.104. The second-order valence-electron chi connectivity index (χ2n) is 7.33. The third kappa shape index (κ3) is 3.66. The van der Waals surface area contributed by atoms with Crippen molar-refractivity contribution >= 4 is 44.7 Å². The van der Waals surface area contributed by atoms with Gasteiger partial charge >= 0.3 is 5.63 Å². The summed E-state index contributed by atoms with van der Waals surface area (Å²) in [4.78, 5) is 34.6. The van der Waals surface area contributed by atoms with E-state index in [0.29, 0.717) is 16.1 Å². The van der Waals surface area contributed by atoms with Gasteiger partial charge in [0.25, 0.3) is 0 Å². The van der Waals surface area contributed by atoms with Crippen LogP contribution in [0.25, 0.3) is 11.0 Å². The number of aromatic nitrogens is 1. The number of carbonyl (C=O) groups is 1. The zero-order chi connectivity index (χ0) is 21.4. The maximum absolute atomic E-state index is 13.1. The fourth-order valence-electron chi connectivity index (χ4n) is 3.76. The highest BCUT2D eigenvalue weighted by Gasteiger charge is 2.25. The Morgan fingerprint density at radius 2 is 1.65 bits per heavy atom. The molecule has 1 aliphatic heterocycles. The minimum Gasteiger partial charge on any atom is -0.422 e. The van der Waals surface area contributed by atoms with Crippen LogP contribution >= 0.6 is 11.3 Å². The van der Waals surface area contributed by atoms with Gasteiger partial charge in [0.05, 0.1) is 0 Å². The van der Waals surface area contributed by atoms with Crippen LogP contribution in [0.2, 0.25) is 0 Å². The van der Waals surface area contributed by atoms with Crippen LogP contribution in [0.5, 0.6) is 0 Å². The van der Waals surface area contributed by atoms with Gasteiger partial charge in [-0.1, -0.05) is 47.7 Å². The van der Waals surface area contributed by atoms with Gasteiger partial charge in [-0.3, -0.25) is 4.79 Å². The zero-order valence-electron chi connectivity index (χ0n) is 16.7.